The third kappa shape index (κ3) is 3.08. The highest BCUT2D eigenvalue weighted by molar-refractivity contribution is 6.02. The van der Waals surface area contributed by atoms with E-state index in [1.54, 1.807) is 13.3 Å². The van der Waals surface area contributed by atoms with Crippen molar-refractivity contribution in [1.29, 1.82) is 0 Å². The summed E-state index contributed by atoms with van der Waals surface area (Å²) in [5, 5.41) is 11.8. The zero-order valence-corrected chi connectivity index (χ0v) is 19.2. The van der Waals surface area contributed by atoms with Gasteiger partial charge in [0.15, 0.2) is 5.78 Å². The second-order valence-electron chi connectivity index (χ2n) is 10.2. The van der Waals surface area contributed by atoms with Gasteiger partial charge in [0.1, 0.15) is 11.9 Å². The second-order valence-corrected chi connectivity index (χ2v) is 10.2. The number of aliphatic carboxylic acids is 1. The number of carboxylic acid groups (broad SMARTS) is 1. The van der Waals surface area contributed by atoms with Gasteiger partial charge in [-0.05, 0) is 41.2 Å². The highest BCUT2D eigenvalue weighted by Gasteiger charge is 2.57. The number of carbonyl (C=O) groups is 2. The van der Waals surface area contributed by atoms with E-state index in [0.717, 1.165) is 22.8 Å². The van der Waals surface area contributed by atoms with Crippen LogP contribution in [0.4, 0.5) is 0 Å². The number of methoxy groups -OCH3 is 1. The zero-order valence-electron chi connectivity index (χ0n) is 19.2. The third-order valence-corrected chi connectivity index (χ3v) is 8.38. The van der Waals surface area contributed by atoms with Crippen molar-refractivity contribution in [2.45, 2.75) is 44.3 Å². The largest absolute Gasteiger partial charge is 0.489 e. The molecule has 3 aliphatic carbocycles. The molecule has 1 aromatic heterocycles. The maximum atomic E-state index is 12.7. The lowest BCUT2D eigenvalue weighted by molar-refractivity contribution is -0.144. The van der Waals surface area contributed by atoms with Crippen LogP contribution in [0.15, 0.2) is 71.8 Å². The average molecular weight is 458 g/mol. The summed E-state index contributed by atoms with van der Waals surface area (Å²) in [7, 11) is 1.76. The first-order valence-corrected chi connectivity index (χ1v) is 11.8. The van der Waals surface area contributed by atoms with Crippen LogP contribution < -0.4 is 0 Å². The number of fused-ring (bicyclic) bond motifs is 4. The summed E-state index contributed by atoms with van der Waals surface area (Å²) in [5.74, 6) is -1.02. The van der Waals surface area contributed by atoms with Gasteiger partial charge in [-0.1, -0.05) is 31.2 Å². The topological polar surface area (TPSA) is 85.7 Å². The number of pyridine rings is 1. The highest BCUT2D eigenvalue weighted by atomic mass is 16.5. The Labute approximate surface area is 198 Å². The van der Waals surface area contributed by atoms with E-state index in [0.29, 0.717) is 11.3 Å². The molecule has 0 saturated heterocycles. The number of ether oxygens (including phenoxy) is 2. The lowest BCUT2D eigenvalue weighted by Crippen LogP contribution is -2.41. The molecule has 0 bridgehead atoms. The third-order valence-electron chi connectivity index (χ3n) is 8.38. The Morgan fingerprint density at radius 2 is 2.09 bits per heavy atom. The molecule has 4 aliphatic rings. The van der Waals surface area contributed by atoms with Crippen LogP contribution in [0.25, 0.3) is 10.8 Å². The molecule has 1 N–H and O–H groups in total. The number of nitrogens with zero attached hydrogens (tertiary/aromatic N) is 1. The lowest BCUT2D eigenvalue weighted by atomic mass is 9.64. The van der Waals surface area contributed by atoms with Gasteiger partial charge in [0, 0.05) is 55.0 Å². The summed E-state index contributed by atoms with van der Waals surface area (Å²) < 4.78 is 12.5. The Kier molecular flexibility index (Phi) is 4.78. The van der Waals surface area contributed by atoms with Gasteiger partial charge in [0.2, 0.25) is 0 Å². The molecule has 1 saturated carbocycles. The molecule has 1 aromatic carbocycles. The quantitative estimate of drug-likeness (QED) is 0.727. The molecular formula is C28H27NO5. The van der Waals surface area contributed by atoms with Crippen molar-refractivity contribution < 1.29 is 24.2 Å². The molecule has 1 unspecified atom stereocenters. The van der Waals surface area contributed by atoms with Gasteiger partial charge < -0.3 is 14.6 Å². The Hall–Kier alpha value is -3.25. The summed E-state index contributed by atoms with van der Waals surface area (Å²) in [4.78, 5) is 28.5. The number of rotatable bonds is 3. The van der Waals surface area contributed by atoms with Gasteiger partial charge >= 0.3 is 5.97 Å². The summed E-state index contributed by atoms with van der Waals surface area (Å²) >= 11 is 0. The van der Waals surface area contributed by atoms with E-state index < -0.39 is 11.9 Å². The SMILES string of the molecule is CO[C@@H]1C[C@H]2[C@@H]3OC4=C(C=C3C=C[C@]2(C)[C@H]1c1ccc2ccncc2c1)C(=O)CC(C(=O)O)C4. The van der Waals surface area contributed by atoms with E-state index >= 15 is 0 Å². The molecule has 6 heteroatoms. The Morgan fingerprint density at radius 1 is 1.24 bits per heavy atom. The van der Waals surface area contributed by atoms with E-state index in [2.05, 4.69) is 42.3 Å². The second kappa shape index (κ2) is 7.64. The van der Waals surface area contributed by atoms with Crippen LogP contribution in [-0.4, -0.2) is 41.2 Å². The minimum Gasteiger partial charge on any atom is -0.489 e. The molecule has 34 heavy (non-hydrogen) atoms. The van der Waals surface area contributed by atoms with E-state index in [-0.39, 0.29) is 48.1 Å². The van der Waals surface area contributed by atoms with Crippen LogP contribution in [0.5, 0.6) is 0 Å². The van der Waals surface area contributed by atoms with Gasteiger partial charge in [-0.2, -0.15) is 0 Å². The number of carboxylic acids is 1. The maximum absolute atomic E-state index is 12.7. The average Bonchev–Trinajstić information content (AvgIpc) is 3.15. The van der Waals surface area contributed by atoms with Gasteiger partial charge in [-0.15, -0.1) is 0 Å². The Balaban J connectivity index is 1.39. The van der Waals surface area contributed by atoms with Crippen molar-refractivity contribution in [3.63, 3.8) is 0 Å². The van der Waals surface area contributed by atoms with Crippen LogP contribution in [0.2, 0.25) is 0 Å². The molecule has 6 atom stereocenters. The monoisotopic (exact) mass is 457 g/mol. The number of carbonyl (C=O) groups excluding carboxylic acids is 1. The number of hydrogen-bond donors (Lipinski definition) is 1. The van der Waals surface area contributed by atoms with Gasteiger partial charge in [-0.25, -0.2) is 0 Å². The molecule has 174 valence electrons. The maximum Gasteiger partial charge on any atom is 0.307 e. The molecular weight excluding hydrogens is 430 g/mol. The summed E-state index contributed by atoms with van der Waals surface area (Å²) in [5.41, 5.74) is 2.52. The van der Waals surface area contributed by atoms with Crippen molar-refractivity contribution in [2.24, 2.45) is 17.3 Å². The number of Topliss-reactive ketones (excluding diaryl/α,β-unsaturated/α-hetero) is 1. The molecule has 0 radical (unpaired) electrons. The van der Waals surface area contributed by atoms with Crippen LogP contribution in [0.3, 0.4) is 0 Å². The van der Waals surface area contributed by atoms with Gasteiger partial charge in [0.05, 0.1) is 17.6 Å². The molecule has 0 spiro atoms. The van der Waals surface area contributed by atoms with Crippen LogP contribution in [-0.2, 0) is 19.1 Å². The van der Waals surface area contributed by atoms with Crippen molar-refractivity contribution in [3.8, 4) is 0 Å². The Morgan fingerprint density at radius 3 is 2.88 bits per heavy atom. The van der Waals surface area contributed by atoms with Crippen LogP contribution in [0, 0.1) is 17.3 Å². The van der Waals surface area contributed by atoms with Gasteiger partial charge in [0.25, 0.3) is 0 Å². The summed E-state index contributed by atoms with van der Waals surface area (Å²) in [6.07, 6.45) is 10.9. The number of hydrogen-bond acceptors (Lipinski definition) is 5. The number of aromatic nitrogens is 1. The minimum atomic E-state index is -0.946. The molecule has 6 nitrogen and oxygen atoms in total. The first kappa shape index (κ1) is 21.3. The highest BCUT2D eigenvalue weighted by Crippen LogP contribution is 2.60. The van der Waals surface area contributed by atoms with E-state index in [1.165, 1.54) is 5.56 Å². The van der Waals surface area contributed by atoms with Crippen molar-refractivity contribution in [2.75, 3.05) is 7.11 Å². The van der Waals surface area contributed by atoms with Crippen LogP contribution in [0.1, 0.15) is 37.7 Å². The number of allylic oxidation sites excluding steroid dienone is 4. The molecule has 2 heterocycles. The van der Waals surface area contributed by atoms with Crippen molar-refractivity contribution >= 4 is 22.5 Å². The molecule has 0 amide bonds. The van der Waals surface area contributed by atoms with Crippen LogP contribution >= 0.6 is 0 Å². The normalized spacial score (nSPS) is 34.2. The molecule has 1 aliphatic heterocycles. The van der Waals surface area contributed by atoms with E-state index in [4.69, 9.17) is 9.47 Å². The molecule has 6 rings (SSSR count). The first-order valence-electron chi connectivity index (χ1n) is 11.8. The molecule has 1 fully saturated rings. The lowest BCUT2D eigenvalue weighted by Gasteiger charge is -2.44. The summed E-state index contributed by atoms with van der Waals surface area (Å²) in [6, 6.07) is 8.55. The fourth-order valence-electron chi connectivity index (χ4n) is 6.60. The first-order chi connectivity index (χ1) is 16.4. The number of benzene rings is 1. The smallest absolute Gasteiger partial charge is 0.307 e. The number of ketones is 1. The van der Waals surface area contributed by atoms with E-state index in [1.807, 2.05) is 18.3 Å². The predicted molar refractivity (Wildman–Crippen MR) is 126 cm³/mol. The van der Waals surface area contributed by atoms with Crippen molar-refractivity contribution in [1.82, 2.24) is 4.98 Å². The van der Waals surface area contributed by atoms with E-state index in [9.17, 15) is 14.7 Å². The minimum absolute atomic E-state index is 0.00635. The van der Waals surface area contributed by atoms with Gasteiger partial charge in [-0.3, -0.25) is 14.6 Å². The standard InChI is InChI=1S/C28H27NO5/c1-28-7-5-17-10-20-22(30)11-18(27(31)32)12-23(20)34-26(17)21(28)13-24(33-2)25(28)16-4-3-15-6-8-29-14-19(15)9-16/h3-10,14,18,21,24-26H,11-13H2,1-2H3,(H,31,32)/t18?,21-,24+,25-,26+,28-/m0/s1. The fourth-order valence-corrected chi connectivity index (χ4v) is 6.60. The fraction of sp³-hybridized carbons (Fsp3) is 0.393. The zero-order chi connectivity index (χ0) is 23.6. The Bertz CT molecular complexity index is 1310. The molecule has 2 aromatic rings. The predicted octanol–water partition coefficient (Wildman–Crippen LogP) is 4.57. The van der Waals surface area contributed by atoms with Crippen molar-refractivity contribution in [3.05, 3.63) is 77.4 Å². The summed E-state index contributed by atoms with van der Waals surface area (Å²) in [6.45, 7) is 2.27.